The van der Waals surface area contributed by atoms with Gasteiger partial charge in [0.15, 0.2) is 5.82 Å². The number of hydrazine groups is 1. The number of carbonyl (C=O) groups excluding carboxylic acids is 1. The van der Waals surface area contributed by atoms with Crippen LogP contribution in [0.5, 0.6) is 0 Å². The molecule has 0 spiro atoms. The molecule has 20 heavy (non-hydrogen) atoms. The fourth-order valence-electron chi connectivity index (χ4n) is 2.26. The summed E-state index contributed by atoms with van der Waals surface area (Å²) in [6, 6.07) is 1.75. The molecule has 3 N–H and O–H groups in total. The second kappa shape index (κ2) is 4.89. The largest absolute Gasteiger partial charge is 0.329 e. The van der Waals surface area contributed by atoms with Gasteiger partial charge < -0.3 is 14.9 Å². The van der Waals surface area contributed by atoms with Crippen molar-refractivity contribution in [2.24, 2.45) is 5.84 Å². The summed E-state index contributed by atoms with van der Waals surface area (Å²) < 4.78 is 1.94. The van der Waals surface area contributed by atoms with E-state index >= 15 is 0 Å². The number of hydrogen-bond donors (Lipinski definition) is 2. The van der Waals surface area contributed by atoms with Crippen LogP contribution in [0.3, 0.4) is 0 Å². The summed E-state index contributed by atoms with van der Waals surface area (Å²) in [5, 5.41) is 7.85. The molecule has 8 nitrogen and oxygen atoms in total. The van der Waals surface area contributed by atoms with Crippen LogP contribution < -0.4 is 11.3 Å². The highest BCUT2D eigenvalue weighted by Gasteiger charge is 2.24. The second-order valence-electron chi connectivity index (χ2n) is 4.68. The first-order valence-corrected chi connectivity index (χ1v) is 6.28. The summed E-state index contributed by atoms with van der Waals surface area (Å²) in [5.41, 5.74) is 4.39. The summed E-state index contributed by atoms with van der Waals surface area (Å²) in [4.78, 5) is 18.4. The van der Waals surface area contributed by atoms with Crippen molar-refractivity contribution < 1.29 is 4.79 Å². The van der Waals surface area contributed by atoms with Gasteiger partial charge in [-0.2, -0.15) is 0 Å². The number of nitrogen functional groups attached to an aromatic ring is 1. The highest BCUT2D eigenvalue weighted by atomic mass is 16.2. The van der Waals surface area contributed by atoms with Crippen molar-refractivity contribution in [3.8, 4) is 0 Å². The van der Waals surface area contributed by atoms with Gasteiger partial charge in [-0.25, -0.2) is 0 Å². The van der Waals surface area contributed by atoms with Crippen LogP contribution in [-0.2, 0) is 13.1 Å². The van der Waals surface area contributed by atoms with Crippen LogP contribution in [0.25, 0.3) is 0 Å². The van der Waals surface area contributed by atoms with E-state index < -0.39 is 0 Å². The molecule has 0 bridgehead atoms. The first-order valence-electron chi connectivity index (χ1n) is 6.28. The van der Waals surface area contributed by atoms with E-state index in [9.17, 15) is 4.79 Å². The van der Waals surface area contributed by atoms with Gasteiger partial charge in [0.1, 0.15) is 6.33 Å². The summed E-state index contributed by atoms with van der Waals surface area (Å²) in [6.45, 7) is 3.59. The van der Waals surface area contributed by atoms with Gasteiger partial charge >= 0.3 is 0 Å². The lowest BCUT2D eigenvalue weighted by molar-refractivity contribution is 0.0708. The number of hydrogen-bond acceptors (Lipinski definition) is 6. The molecule has 3 rings (SSSR count). The number of aromatic nitrogens is 4. The zero-order valence-corrected chi connectivity index (χ0v) is 11.1. The van der Waals surface area contributed by atoms with Gasteiger partial charge in [0, 0.05) is 25.0 Å². The van der Waals surface area contributed by atoms with E-state index in [1.807, 2.05) is 11.5 Å². The molecule has 0 radical (unpaired) electrons. The van der Waals surface area contributed by atoms with E-state index in [-0.39, 0.29) is 5.91 Å². The smallest absolute Gasteiger partial charge is 0.258 e. The molecule has 1 aliphatic heterocycles. The highest BCUT2D eigenvalue weighted by Crippen LogP contribution is 2.19. The van der Waals surface area contributed by atoms with E-state index in [2.05, 4.69) is 20.6 Å². The number of fused-ring (bicyclic) bond motifs is 1. The maximum absolute atomic E-state index is 12.6. The minimum Gasteiger partial charge on any atom is -0.329 e. The molecule has 0 atom stereocenters. The molecule has 0 aliphatic carbocycles. The lowest BCUT2D eigenvalue weighted by Gasteiger charge is -2.27. The monoisotopic (exact) mass is 273 g/mol. The van der Waals surface area contributed by atoms with Gasteiger partial charge in [-0.3, -0.25) is 15.6 Å². The maximum atomic E-state index is 12.6. The number of nitrogens with one attached hydrogen (secondary N) is 1. The Hall–Kier alpha value is -2.48. The second-order valence-corrected chi connectivity index (χ2v) is 4.68. The third kappa shape index (κ3) is 2.10. The summed E-state index contributed by atoms with van der Waals surface area (Å²) in [6.07, 6.45) is 3.23. The maximum Gasteiger partial charge on any atom is 0.258 e. The zero-order valence-electron chi connectivity index (χ0n) is 11.1. The number of aryl methyl sites for hydroxylation is 1. The molecule has 8 heteroatoms. The van der Waals surface area contributed by atoms with Crippen LogP contribution in [0.4, 0.5) is 5.69 Å². The molecule has 1 aliphatic rings. The van der Waals surface area contributed by atoms with Crippen molar-refractivity contribution in [1.29, 1.82) is 0 Å². The third-order valence-electron chi connectivity index (χ3n) is 3.35. The number of carbonyl (C=O) groups is 1. The van der Waals surface area contributed by atoms with Crippen LogP contribution in [0.15, 0.2) is 18.6 Å². The molecule has 0 unspecified atom stereocenters. The van der Waals surface area contributed by atoms with Gasteiger partial charge in [0.25, 0.3) is 5.91 Å². The average molecular weight is 273 g/mol. The molecule has 1 amide bonds. The van der Waals surface area contributed by atoms with E-state index in [0.29, 0.717) is 30.9 Å². The lowest BCUT2D eigenvalue weighted by atomic mass is 10.1. The molecule has 104 valence electrons. The zero-order chi connectivity index (χ0) is 14.1. The predicted molar refractivity (Wildman–Crippen MR) is 71.5 cm³/mol. The quantitative estimate of drug-likeness (QED) is 0.586. The first-order chi connectivity index (χ1) is 9.69. The van der Waals surface area contributed by atoms with Crippen LogP contribution in [0, 0.1) is 6.92 Å². The third-order valence-corrected chi connectivity index (χ3v) is 3.35. The fraction of sp³-hybridized carbons (Fsp3) is 0.333. The van der Waals surface area contributed by atoms with Crippen LogP contribution >= 0.6 is 0 Å². The Balaban J connectivity index is 1.87. The standard InChI is InChI=1S/C12H15N7O/c1-8-4-10(16-13)9(5-14-8)12(20)18-2-3-19-7-15-17-11(19)6-18/h4-5,7H,2-3,6,13H2,1H3,(H,14,16). The Kier molecular flexibility index (Phi) is 3.07. The highest BCUT2D eigenvalue weighted by molar-refractivity contribution is 5.99. The number of nitrogens with zero attached hydrogens (tertiary/aromatic N) is 5. The molecule has 0 fully saturated rings. The topological polar surface area (TPSA) is 102 Å². The molecular weight excluding hydrogens is 258 g/mol. The Bertz CT molecular complexity index is 651. The van der Waals surface area contributed by atoms with Crippen LogP contribution in [0.2, 0.25) is 0 Å². The molecule has 0 saturated carbocycles. The van der Waals surface area contributed by atoms with Crippen molar-refractivity contribution in [3.05, 3.63) is 35.7 Å². The molecular formula is C12H15N7O. The van der Waals surface area contributed by atoms with Gasteiger partial charge in [-0.1, -0.05) is 0 Å². The Morgan fingerprint density at radius 1 is 1.45 bits per heavy atom. The van der Waals surface area contributed by atoms with Crippen molar-refractivity contribution >= 4 is 11.6 Å². The van der Waals surface area contributed by atoms with Gasteiger partial charge in [-0.15, -0.1) is 10.2 Å². The molecule has 0 aromatic carbocycles. The minimum absolute atomic E-state index is 0.111. The van der Waals surface area contributed by atoms with Gasteiger partial charge in [-0.05, 0) is 13.0 Å². The van der Waals surface area contributed by atoms with Crippen molar-refractivity contribution in [1.82, 2.24) is 24.6 Å². The van der Waals surface area contributed by atoms with Crippen LogP contribution in [-0.4, -0.2) is 37.1 Å². The molecule has 2 aromatic rings. The molecule has 0 saturated heterocycles. The SMILES string of the molecule is Cc1cc(NN)c(C(=O)N2CCn3cnnc3C2)cn1. The van der Waals surface area contributed by atoms with E-state index in [4.69, 9.17) is 5.84 Å². The summed E-state index contributed by atoms with van der Waals surface area (Å²) in [7, 11) is 0. The van der Waals surface area contributed by atoms with E-state index in [0.717, 1.165) is 11.5 Å². The van der Waals surface area contributed by atoms with Crippen molar-refractivity contribution in [2.45, 2.75) is 20.0 Å². The number of amides is 1. The van der Waals surface area contributed by atoms with Crippen LogP contribution in [0.1, 0.15) is 21.9 Å². The number of pyridine rings is 1. The van der Waals surface area contributed by atoms with E-state index in [1.165, 1.54) is 0 Å². The minimum atomic E-state index is -0.111. The number of rotatable bonds is 2. The Morgan fingerprint density at radius 3 is 3.10 bits per heavy atom. The Morgan fingerprint density at radius 2 is 2.30 bits per heavy atom. The molecule has 3 heterocycles. The first kappa shape index (κ1) is 12.5. The van der Waals surface area contributed by atoms with Gasteiger partial charge in [0.2, 0.25) is 0 Å². The van der Waals surface area contributed by atoms with Crippen molar-refractivity contribution in [2.75, 3.05) is 12.0 Å². The predicted octanol–water partition coefficient (Wildman–Crippen LogP) is -0.0769. The normalized spacial score (nSPS) is 14.0. The summed E-state index contributed by atoms with van der Waals surface area (Å²) >= 11 is 0. The lowest BCUT2D eigenvalue weighted by Crippen LogP contribution is -2.38. The summed E-state index contributed by atoms with van der Waals surface area (Å²) in [5.74, 6) is 6.14. The number of nitrogens with two attached hydrogens (primary N) is 1. The Labute approximate surface area is 115 Å². The van der Waals surface area contributed by atoms with E-state index in [1.54, 1.807) is 23.5 Å². The molecule has 2 aromatic heterocycles. The van der Waals surface area contributed by atoms with Crippen molar-refractivity contribution in [3.63, 3.8) is 0 Å². The average Bonchev–Trinajstić information content (AvgIpc) is 2.93. The number of anilines is 1. The fourth-order valence-corrected chi connectivity index (χ4v) is 2.26. The van der Waals surface area contributed by atoms with Gasteiger partial charge in [0.05, 0.1) is 17.8 Å².